The number of fused-ring (bicyclic) bond motifs is 5. The van der Waals surface area contributed by atoms with Crippen LogP contribution in [-0.2, 0) is 11.2 Å². The second kappa shape index (κ2) is 5.75. The molecule has 0 radical (unpaired) electrons. The van der Waals surface area contributed by atoms with Crippen molar-refractivity contribution < 1.29 is 9.53 Å². The van der Waals surface area contributed by atoms with E-state index >= 15 is 0 Å². The molecule has 0 bridgehead atoms. The first-order valence-electron chi connectivity index (χ1n) is 9.54. The zero-order valence-corrected chi connectivity index (χ0v) is 14.9. The third-order valence-electron chi connectivity index (χ3n) is 7.08. The van der Waals surface area contributed by atoms with Crippen molar-refractivity contribution >= 4 is 11.9 Å². The Morgan fingerprint density at radius 3 is 2.88 bits per heavy atom. The first kappa shape index (κ1) is 15.9. The molecule has 3 aliphatic rings. The molecule has 1 aromatic rings. The van der Waals surface area contributed by atoms with Gasteiger partial charge in [-0.3, -0.25) is 4.79 Å². The van der Waals surface area contributed by atoms with E-state index < -0.39 is 0 Å². The molecule has 4 rings (SSSR count). The summed E-state index contributed by atoms with van der Waals surface area (Å²) in [6, 6.07) is 4.57. The summed E-state index contributed by atoms with van der Waals surface area (Å²) in [5.74, 6) is 3.37. The molecule has 2 heteroatoms. The van der Waals surface area contributed by atoms with Gasteiger partial charge >= 0.3 is 0 Å². The molecule has 0 aliphatic heterocycles. The van der Waals surface area contributed by atoms with Crippen LogP contribution < -0.4 is 4.74 Å². The maximum absolute atomic E-state index is 12.4. The van der Waals surface area contributed by atoms with Gasteiger partial charge in [-0.1, -0.05) is 19.6 Å². The number of carbonyl (C=O) groups is 1. The fourth-order valence-electron chi connectivity index (χ4n) is 5.83. The molecular formula is C22H28O2. The van der Waals surface area contributed by atoms with Gasteiger partial charge in [0.15, 0.2) is 0 Å². The van der Waals surface area contributed by atoms with Crippen LogP contribution in [0.25, 0.3) is 6.08 Å². The molecule has 24 heavy (non-hydrogen) atoms. The van der Waals surface area contributed by atoms with Crippen LogP contribution >= 0.6 is 0 Å². The summed E-state index contributed by atoms with van der Waals surface area (Å²) in [4.78, 5) is 12.4. The van der Waals surface area contributed by atoms with Gasteiger partial charge in [-0.15, -0.1) is 0 Å². The van der Waals surface area contributed by atoms with Crippen LogP contribution in [0.1, 0.15) is 68.6 Å². The van der Waals surface area contributed by atoms with Crippen molar-refractivity contribution in [3.8, 4) is 5.75 Å². The fourth-order valence-corrected chi connectivity index (χ4v) is 5.83. The normalized spacial score (nSPS) is 34.2. The van der Waals surface area contributed by atoms with E-state index in [0.29, 0.717) is 30.1 Å². The maximum Gasteiger partial charge on any atom is 0.139 e. The van der Waals surface area contributed by atoms with E-state index in [1.54, 1.807) is 0 Å². The first-order chi connectivity index (χ1) is 11.6. The fraction of sp³-hybridized carbons (Fsp3) is 0.591. The zero-order valence-electron chi connectivity index (χ0n) is 14.9. The smallest absolute Gasteiger partial charge is 0.139 e. The molecule has 2 saturated carbocycles. The standard InChI is InChI=1S/C22H28O2/c1-4-14-12-15-6-7-17-16(18(15)13-20(14)24-5-2)10-11-22(3)19(17)8-9-21(22)23/h4,12-13,16-17,19H,1,5-11H2,2-3H3/t16?,17?,19?,22-/m0/s1. The van der Waals surface area contributed by atoms with Crippen LogP contribution in [0, 0.1) is 17.3 Å². The number of carbonyl (C=O) groups excluding carboxylic acids is 1. The van der Waals surface area contributed by atoms with Crippen LogP contribution in [0.2, 0.25) is 0 Å². The van der Waals surface area contributed by atoms with Crippen molar-refractivity contribution in [1.82, 2.24) is 0 Å². The highest BCUT2D eigenvalue weighted by atomic mass is 16.5. The van der Waals surface area contributed by atoms with Gasteiger partial charge in [-0.25, -0.2) is 0 Å². The third kappa shape index (κ3) is 2.18. The van der Waals surface area contributed by atoms with E-state index in [9.17, 15) is 4.79 Å². The van der Waals surface area contributed by atoms with Crippen molar-refractivity contribution in [3.05, 3.63) is 35.4 Å². The summed E-state index contributed by atoms with van der Waals surface area (Å²) in [6.07, 6.45) is 8.39. The summed E-state index contributed by atoms with van der Waals surface area (Å²) in [5, 5.41) is 0. The topological polar surface area (TPSA) is 26.3 Å². The maximum atomic E-state index is 12.4. The highest BCUT2D eigenvalue weighted by Crippen LogP contribution is 2.59. The van der Waals surface area contributed by atoms with E-state index in [4.69, 9.17) is 4.74 Å². The van der Waals surface area contributed by atoms with Gasteiger partial charge in [0.2, 0.25) is 0 Å². The van der Waals surface area contributed by atoms with Crippen LogP contribution in [-0.4, -0.2) is 12.4 Å². The molecule has 3 aliphatic carbocycles. The van der Waals surface area contributed by atoms with Gasteiger partial charge in [0, 0.05) is 17.4 Å². The summed E-state index contributed by atoms with van der Waals surface area (Å²) in [6.45, 7) is 8.91. The number of benzene rings is 1. The van der Waals surface area contributed by atoms with Crippen LogP contribution in [0.5, 0.6) is 5.75 Å². The Labute approximate surface area is 145 Å². The summed E-state index contributed by atoms with van der Waals surface area (Å²) in [5.41, 5.74) is 4.04. The van der Waals surface area contributed by atoms with Gasteiger partial charge in [0.1, 0.15) is 11.5 Å². The third-order valence-corrected chi connectivity index (χ3v) is 7.08. The lowest BCUT2D eigenvalue weighted by Crippen LogP contribution is -2.42. The Balaban J connectivity index is 1.73. The van der Waals surface area contributed by atoms with Gasteiger partial charge in [0.05, 0.1) is 6.61 Å². The van der Waals surface area contributed by atoms with E-state index in [0.717, 1.165) is 43.4 Å². The molecule has 0 spiro atoms. The quantitative estimate of drug-likeness (QED) is 0.768. The number of ether oxygens (including phenoxy) is 1. The summed E-state index contributed by atoms with van der Waals surface area (Å²) >= 11 is 0. The lowest BCUT2D eigenvalue weighted by molar-refractivity contribution is -0.129. The Morgan fingerprint density at radius 2 is 2.12 bits per heavy atom. The van der Waals surface area contributed by atoms with Crippen molar-refractivity contribution in [3.63, 3.8) is 0 Å². The summed E-state index contributed by atoms with van der Waals surface area (Å²) < 4.78 is 5.87. The Kier molecular flexibility index (Phi) is 3.82. The molecule has 4 atom stereocenters. The Hall–Kier alpha value is -1.57. The highest BCUT2D eigenvalue weighted by Gasteiger charge is 2.54. The molecule has 0 heterocycles. The minimum atomic E-state index is -0.0392. The van der Waals surface area contributed by atoms with Crippen LogP contribution in [0.3, 0.4) is 0 Å². The molecular weight excluding hydrogens is 296 g/mol. The largest absolute Gasteiger partial charge is 0.493 e. The number of aryl methyl sites for hydroxylation is 1. The molecule has 1 aromatic carbocycles. The van der Waals surface area contributed by atoms with Gasteiger partial charge < -0.3 is 4.74 Å². The lowest BCUT2D eigenvalue weighted by atomic mass is 9.55. The number of rotatable bonds is 3. The van der Waals surface area contributed by atoms with Gasteiger partial charge in [-0.05, 0) is 80.0 Å². The average Bonchev–Trinajstić information content (AvgIpc) is 2.89. The van der Waals surface area contributed by atoms with Crippen LogP contribution in [0.4, 0.5) is 0 Å². The minimum absolute atomic E-state index is 0.0392. The average molecular weight is 324 g/mol. The minimum Gasteiger partial charge on any atom is -0.493 e. The monoisotopic (exact) mass is 324 g/mol. The number of hydrogen-bond acceptors (Lipinski definition) is 2. The molecule has 128 valence electrons. The molecule has 0 saturated heterocycles. The van der Waals surface area contributed by atoms with E-state index in [1.165, 1.54) is 17.5 Å². The zero-order chi connectivity index (χ0) is 16.9. The Bertz CT molecular complexity index is 689. The van der Waals surface area contributed by atoms with E-state index in [2.05, 4.69) is 25.6 Å². The number of ketones is 1. The van der Waals surface area contributed by atoms with Crippen molar-refractivity contribution in [2.45, 2.75) is 58.3 Å². The highest BCUT2D eigenvalue weighted by molar-refractivity contribution is 5.87. The number of hydrogen-bond donors (Lipinski definition) is 0. The SMILES string of the molecule is C=Cc1cc2c(cc1OCC)C1CC[C@]3(C)C(=O)CCC3C1CC2. The van der Waals surface area contributed by atoms with Gasteiger partial charge in [0.25, 0.3) is 0 Å². The molecule has 2 fully saturated rings. The predicted octanol–water partition coefficient (Wildman–Crippen LogP) is 5.15. The molecule has 0 amide bonds. The molecule has 0 N–H and O–H groups in total. The van der Waals surface area contributed by atoms with Crippen LogP contribution in [0.15, 0.2) is 18.7 Å². The second-order valence-corrected chi connectivity index (χ2v) is 8.06. The first-order valence-corrected chi connectivity index (χ1v) is 9.54. The molecule has 3 unspecified atom stereocenters. The van der Waals surface area contributed by atoms with E-state index in [-0.39, 0.29) is 5.41 Å². The summed E-state index contributed by atoms with van der Waals surface area (Å²) in [7, 11) is 0. The molecule has 2 nitrogen and oxygen atoms in total. The Morgan fingerprint density at radius 1 is 1.29 bits per heavy atom. The predicted molar refractivity (Wildman–Crippen MR) is 97.3 cm³/mol. The second-order valence-electron chi connectivity index (χ2n) is 8.06. The lowest BCUT2D eigenvalue weighted by Gasteiger charge is -2.48. The van der Waals surface area contributed by atoms with Crippen molar-refractivity contribution in [1.29, 1.82) is 0 Å². The van der Waals surface area contributed by atoms with E-state index in [1.807, 2.05) is 13.0 Å². The van der Waals surface area contributed by atoms with Crippen molar-refractivity contribution in [2.75, 3.05) is 6.61 Å². The van der Waals surface area contributed by atoms with Crippen molar-refractivity contribution in [2.24, 2.45) is 17.3 Å². The van der Waals surface area contributed by atoms with Gasteiger partial charge in [-0.2, -0.15) is 0 Å². The number of Topliss-reactive ketones (excluding diaryl/α,β-unsaturated/α-hetero) is 1. The molecule has 0 aromatic heterocycles.